The van der Waals surface area contributed by atoms with Gasteiger partial charge in [-0.3, -0.25) is 4.79 Å². The molecular formula is C15H23NO3. The molecule has 0 radical (unpaired) electrons. The van der Waals surface area contributed by atoms with Gasteiger partial charge in [-0.05, 0) is 23.6 Å². The van der Waals surface area contributed by atoms with Gasteiger partial charge in [0.25, 0.3) is 0 Å². The largest absolute Gasteiger partial charge is 0.493 e. The van der Waals surface area contributed by atoms with E-state index in [9.17, 15) is 4.79 Å². The number of benzene rings is 1. The Labute approximate surface area is 115 Å². The van der Waals surface area contributed by atoms with Crippen LogP contribution in [-0.4, -0.2) is 26.7 Å². The van der Waals surface area contributed by atoms with Gasteiger partial charge < -0.3 is 14.8 Å². The van der Waals surface area contributed by atoms with E-state index in [1.807, 2.05) is 18.2 Å². The van der Waals surface area contributed by atoms with Crippen molar-refractivity contribution in [1.82, 2.24) is 5.32 Å². The van der Waals surface area contributed by atoms with Crippen LogP contribution in [0.2, 0.25) is 0 Å². The molecule has 0 spiro atoms. The Kier molecular flexibility index (Phi) is 5.67. The Morgan fingerprint density at radius 3 is 2.32 bits per heavy atom. The molecule has 1 N–H and O–H groups in total. The van der Waals surface area contributed by atoms with Crippen molar-refractivity contribution in [2.45, 2.75) is 26.7 Å². The lowest BCUT2D eigenvalue weighted by molar-refractivity contribution is -0.119. The fourth-order valence-electron chi connectivity index (χ4n) is 2.08. The number of hydrogen-bond acceptors (Lipinski definition) is 3. The van der Waals surface area contributed by atoms with Gasteiger partial charge in [-0.25, -0.2) is 0 Å². The summed E-state index contributed by atoms with van der Waals surface area (Å²) in [7, 11) is 3.24. The molecule has 1 atom stereocenters. The van der Waals surface area contributed by atoms with Crippen LogP contribution in [0.4, 0.5) is 0 Å². The molecule has 0 aromatic heterocycles. The van der Waals surface area contributed by atoms with Crippen molar-refractivity contribution in [2.24, 2.45) is 5.92 Å². The predicted octanol–water partition coefficient (Wildman–Crippen LogP) is 2.58. The van der Waals surface area contributed by atoms with Gasteiger partial charge in [0.2, 0.25) is 5.91 Å². The van der Waals surface area contributed by atoms with Gasteiger partial charge in [-0.15, -0.1) is 0 Å². The van der Waals surface area contributed by atoms with Crippen molar-refractivity contribution in [3.05, 3.63) is 23.8 Å². The zero-order valence-corrected chi connectivity index (χ0v) is 12.3. The Bertz CT molecular complexity index is 429. The zero-order chi connectivity index (χ0) is 14.4. The minimum atomic E-state index is -0.00822. The summed E-state index contributed by atoms with van der Waals surface area (Å²) < 4.78 is 10.6. The monoisotopic (exact) mass is 265 g/mol. The molecule has 0 saturated heterocycles. The molecule has 1 aromatic carbocycles. The Morgan fingerprint density at radius 1 is 1.21 bits per heavy atom. The third kappa shape index (κ3) is 4.16. The second-order valence-electron chi connectivity index (χ2n) is 4.90. The van der Waals surface area contributed by atoms with Gasteiger partial charge in [0.05, 0.1) is 14.2 Å². The van der Waals surface area contributed by atoms with Crippen molar-refractivity contribution >= 4 is 5.91 Å². The van der Waals surface area contributed by atoms with Crippen LogP contribution in [0.25, 0.3) is 0 Å². The molecule has 0 fully saturated rings. The molecule has 4 nitrogen and oxygen atoms in total. The number of nitrogens with one attached hydrogen (secondary N) is 1. The second kappa shape index (κ2) is 7.02. The summed E-state index contributed by atoms with van der Waals surface area (Å²) in [5, 5.41) is 2.88. The first-order chi connectivity index (χ1) is 8.99. The first kappa shape index (κ1) is 15.3. The first-order valence-electron chi connectivity index (χ1n) is 6.46. The molecular weight excluding hydrogens is 242 g/mol. The van der Waals surface area contributed by atoms with Gasteiger partial charge in [-0.1, -0.05) is 19.9 Å². The van der Waals surface area contributed by atoms with E-state index in [1.165, 1.54) is 6.92 Å². The summed E-state index contributed by atoms with van der Waals surface area (Å²) in [6, 6.07) is 5.90. The van der Waals surface area contributed by atoms with Gasteiger partial charge in [0, 0.05) is 19.4 Å². The van der Waals surface area contributed by atoms with Crippen LogP contribution < -0.4 is 14.8 Å². The highest BCUT2D eigenvalue weighted by Crippen LogP contribution is 2.33. The first-order valence-corrected chi connectivity index (χ1v) is 6.46. The predicted molar refractivity (Wildman–Crippen MR) is 75.8 cm³/mol. The molecule has 0 aliphatic carbocycles. The molecule has 1 unspecified atom stereocenters. The molecule has 0 aliphatic rings. The Morgan fingerprint density at radius 2 is 1.84 bits per heavy atom. The van der Waals surface area contributed by atoms with Gasteiger partial charge in [-0.2, -0.15) is 0 Å². The number of carbonyl (C=O) groups is 1. The van der Waals surface area contributed by atoms with Crippen molar-refractivity contribution in [3.63, 3.8) is 0 Å². The minimum absolute atomic E-state index is 0.00822. The molecule has 0 saturated carbocycles. The smallest absolute Gasteiger partial charge is 0.216 e. The fourth-order valence-corrected chi connectivity index (χ4v) is 2.08. The topological polar surface area (TPSA) is 47.6 Å². The summed E-state index contributed by atoms with van der Waals surface area (Å²) in [5.41, 5.74) is 1.14. The van der Waals surface area contributed by atoms with Crippen molar-refractivity contribution in [3.8, 4) is 11.5 Å². The lowest BCUT2D eigenvalue weighted by Gasteiger charge is -2.22. The zero-order valence-electron chi connectivity index (χ0n) is 12.3. The van der Waals surface area contributed by atoms with Crippen LogP contribution in [0.5, 0.6) is 11.5 Å². The van der Waals surface area contributed by atoms with Gasteiger partial charge >= 0.3 is 0 Å². The standard InChI is InChI=1S/C15H23NO3/c1-10(2)13(9-16-11(3)17)12-6-7-14(18-4)15(8-12)19-5/h6-8,10,13H,9H2,1-5H3,(H,16,17). The Balaban J connectivity index is 2.99. The maximum atomic E-state index is 11.1. The summed E-state index contributed by atoms with van der Waals surface area (Å²) >= 11 is 0. The number of amides is 1. The van der Waals surface area contributed by atoms with E-state index >= 15 is 0 Å². The van der Waals surface area contributed by atoms with Crippen LogP contribution in [0.1, 0.15) is 32.3 Å². The lowest BCUT2D eigenvalue weighted by Crippen LogP contribution is -2.28. The SMILES string of the molecule is COc1ccc(C(CNC(C)=O)C(C)C)cc1OC. The van der Waals surface area contributed by atoms with E-state index in [0.29, 0.717) is 24.0 Å². The third-order valence-corrected chi connectivity index (χ3v) is 3.21. The second-order valence-corrected chi connectivity index (χ2v) is 4.90. The molecule has 1 aromatic rings. The van der Waals surface area contributed by atoms with Crippen molar-refractivity contribution in [1.29, 1.82) is 0 Å². The third-order valence-electron chi connectivity index (χ3n) is 3.21. The van der Waals surface area contributed by atoms with Crippen LogP contribution >= 0.6 is 0 Å². The van der Waals surface area contributed by atoms with E-state index in [1.54, 1.807) is 14.2 Å². The van der Waals surface area contributed by atoms with E-state index in [4.69, 9.17) is 9.47 Å². The van der Waals surface area contributed by atoms with Crippen molar-refractivity contribution in [2.75, 3.05) is 20.8 Å². The highest BCUT2D eigenvalue weighted by atomic mass is 16.5. The molecule has 0 aliphatic heterocycles. The van der Waals surface area contributed by atoms with Gasteiger partial charge in [0.1, 0.15) is 0 Å². The molecule has 106 valence electrons. The quantitative estimate of drug-likeness (QED) is 0.860. The highest BCUT2D eigenvalue weighted by Gasteiger charge is 2.18. The summed E-state index contributed by atoms with van der Waals surface area (Å²) in [4.78, 5) is 11.1. The summed E-state index contributed by atoms with van der Waals surface area (Å²) in [5.74, 6) is 2.10. The van der Waals surface area contributed by atoms with Crippen LogP contribution in [0.15, 0.2) is 18.2 Å². The molecule has 19 heavy (non-hydrogen) atoms. The maximum Gasteiger partial charge on any atom is 0.216 e. The average molecular weight is 265 g/mol. The number of carbonyl (C=O) groups excluding carboxylic acids is 1. The molecule has 0 bridgehead atoms. The van der Waals surface area contributed by atoms with E-state index in [-0.39, 0.29) is 11.8 Å². The van der Waals surface area contributed by atoms with E-state index in [2.05, 4.69) is 19.2 Å². The molecule has 4 heteroatoms. The average Bonchev–Trinajstić information content (AvgIpc) is 2.37. The van der Waals surface area contributed by atoms with Crippen LogP contribution in [0.3, 0.4) is 0 Å². The van der Waals surface area contributed by atoms with E-state index < -0.39 is 0 Å². The molecule has 1 rings (SSSR count). The van der Waals surface area contributed by atoms with E-state index in [0.717, 1.165) is 5.56 Å². The number of hydrogen-bond donors (Lipinski definition) is 1. The maximum absolute atomic E-state index is 11.1. The Hall–Kier alpha value is -1.71. The molecule has 0 heterocycles. The summed E-state index contributed by atoms with van der Waals surface area (Å²) in [6.07, 6.45) is 0. The molecule has 1 amide bonds. The highest BCUT2D eigenvalue weighted by molar-refractivity contribution is 5.72. The normalized spacial score (nSPS) is 12.1. The lowest BCUT2D eigenvalue weighted by atomic mass is 9.88. The summed E-state index contributed by atoms with van der Waals surface area (Å²) in [6.45, 7) is 6.45. The number of ether oxygens (including phenoxy) is 2. The number of rotatable bonds is 6. The number of methoxy groups -OCH3 is 2. The van der Waals surface area contributed by atoms with Crippen molar-refractivity contribution < 1.29 is 14.3 Å². The van der Waals surface area contributed by atoms with Crippen LogP contribution in [0, 0.1) is 5.92 Å². The van der Waals surface area contributed by atoms with Gasteiger partial charge in [0.15, 0.2) is 11.5 Å². The fraction of sp³-hybridized carbons (Fsp3) is 0.533. The van der Waals surface area contributed by atoms with Crippen LogP contribution in [-0.2, 0) is 4.79 Å². The minimum Gasteiger partial charge on any atom is -0.493 e.